The molecule has 0 saturated carbocycles. The predicted molar refractivity (Wildman–Crippen MR) is 78.6 cm³/mol. The number of aryl methyl sites for hydroxylation is 1. The Labute approximate surface area is 123 Å². The number of halogens is 1. The Hall–Kier alpha value is -2.21. The number of hydrogen-bond acceptors (Lipinski definition) is 3. The normalized spacial score (nSPS) is 10.9. The number of aromatic nitrogens is 3. The van der Waals surface area contributed by atoms with Crippen molar-refractivity contribution in [3.8, 4) is 11.4 Å². The average Bonchev–Trinajstić information content (AvgIpc) is 2.84. The van der Waals surface area contributed by atoms with Crippen molar-refractivity contribution >= 4 is 32.8 Å². The number of hydrogen-bond donors (Lipinski definition) is 1. The van der Waals surface area contributed by atoms with E-state index in [0.29, 0.717) is 16.6 Å². The van der Waals surface area contributed by atoms with Crippen LogP contribution in [0.4, 0.5) is 0 Å². The minimum atomic E-state index is -0.973. The summed E-state index contributed by atoms with van der Waals surface area (Å²) in [5, 5.41) is 14.1. The zero-order chi connectivity index (χ0) is 14.3. The molecule has 0 aliphatic rings. The van der Waals surface area contributed by atoms with Crippen LogP contribution in [0.2, 0.25) is 0 Å². The van der Waals surface area contributed by atoms with Gasteiger partial charge in [0, 0.05) is 23.1 Å². The minimum absolute atomic E-state index is 0.229. The number of nitrogens with zero attached hydrogens (tertiary/aromatic N) is 3. The molecule has 0 amide bonds. The third-order valence-electron chi connectivity index (χ3n) is 3.10. The summed E-state index contributed by atoms with van der Waals surface area (Å²) in [6.07, 6.45) is 1.65. The van der Waals surface area contributed by atoms with Crippen LogP contribution in [0.25, 0.3) is 22.3 Å². The second-order valence-electron chi connectivity index (χ2n) is 4.34. The van der Waals surface area contributed by atoms with Crippen LogP contribution in [0, 0.1) is 0 Å². The summed E-state index contributed by atoms with van der Waals surface area (Å²) >= 11 is 3.42. The molecule has 0 fully saturated rings. The van der Waals surface area contributed by atoms with Crippen molar-refractivity contribution in [3.05, 3.63) is 46.6 Å². The Morgan fingerprint density at radius 2 is 2.15 bits per heavy atom. The van der Waals surface area contributed by atoms with E-state index < -0.39 is 5.97 Å². The first-order valence-corrected chi connectivity index (χ1v) is 6.68. The molecule has 1 N–H and O–H groups in total. The lowest BCUT2D eigenvalue weighted by Crippen LogP contribution is -2.02. The number of pyridine rings is 1. The molecule has 0 saturated heterocycles. The molecular formula is C14H10BrN3O2. The van der Waals surface area contributed by atoms with Gasteiger partial charge in [0.2, 0.25) is 0 Å². The number of rotatable bonds is 2. The van der Waals surface area contributed by atoms with Crippen LogP contribution in [-0.2, 0) is 7.05 Å². The molecule has 3 aromatic rings. The Kier molecular flexibility index (Phi) is 3.02. The summed E-state index contributed by atoms with van der Waals surface area (Å²) < 4.78 is 2.43. The minimum Gasteiger partial charge on any atom is -0.478 e. The first-order valence-electron chi connectivity index (χ1n) is 5.89. The lowest BCUT2D eigenvalue weighted by Gasteiger charge is -2.08. The SMILES string of the molecule is Cn1nccc1-c1cc(C(=O)O)c2cccc(Br)c2n1. The molecule has 2 heterocycles. The fourth-order valence-corrected chi connectivity index (χ4v) is 2.60. The Morgan fingerprint density at radius 1 is 1.35 bits per heavy atom. The summed E-state index contributed by atoms with van der Waals surface area (Å²) in [6.45, 7) is 0. The first kappa shape index (κ1) is 12.8. The second kappa shape index (κ2) is 4.72. The molecule has 20 heavy (non-hydrogen) atoms. The molecule has 0 radical (unpaired) electrons. The van der Waals surface area contributed by atoms with Crippen molar-refractivity contribution in [2.24, 2.45) is 7.05 Å². The number of carboxylic acids is 1. The maximum atomic E-state index is 11.5. The summed E-state index contributed by atoms with van der Waals surface area (Å²) in [5.74, 6) is -0.973. The van der Waals surface area contributed by atoms with Gasteiger partial charge < -0.3 is 5.11 Å². The fourth-order valence-electron chi connectivity index (χ4n) is 2.15. The lowest BCUT2D eigenvalue weighted by molar-refractivity contribution is 0.0699. The van der Waals surface area contributed by atoms with E-state index in [0.717, 1.165) is 10.2 Å². The summed E-state index contributed by atoms with van der Waals surface area (Å²) in [7, 11) is 1.79. The van der Waals surface area contributed by atoms with Gasteiger partial charge in [-0.1, -0.05) is 12.1 Å². The van der Waals surface area contributed by atoms with Gasteiger partial charge in [-0.05, 0) is 34.1 Å². The van der Waals surface area contributed by atoms with Gasteiger partial charge >= 0.3 is 5.97 Å². The van der Waals surface area contributed by atoms with Crippen LogP contribution in [0.3, 0.4) is 0 Å². The van der Waals surface area contributed by atoms with Crippen LogP contribution >= 0.6 is 15.9 Å². The lowest BCUT2D eigenvalue weighted by atomic mass is 10.1. The van der Waals surface area contributed by atoms with Crippen LogP contribution in [0.1, 0.15) is 10.4 Å². The maximum Gasteiger partial charge on any atom is 0.336 e. The van der Waals surface area contributed by atoms with Gasteiger partial charge in [-0.2, -0.15) is 5.10 Å². The number of para-hydroxylation sites is 1. The van der Waals surface area contributed by atoms with Crippen molar-refractivity contribution in [1.82, 2.24) is 14.8 Å². The van der Waals surface area contributed by atoms with Crippen LogP contribution < -0.4 is 0 Å². The smallest absolute Gasteiger partial charge is 0.336 e. The molecule has 6 heteroatoms. The van der Waals surface area contributed by atoms with E-state index in [-0.39, 0.29) is 5.56 Å². The molecule has 3 rings (SSSR count). The zero-order valence-corrected chi connectivity index (χ0v) is 12.1. The molecule has 0 aliphatic heterocycles. The topological polar surface area (TPSA) is 68.0 Å². The first-order chi connectivity index (χ1) is 9.58. The molecule has 5 nitrogen and oxygen atoms in total. The number of carbonyl (C=O) groups is 1. The largest absolute Gasteiger partial charge is 0.478 e. The number of fused-ring (bicyclic) bond motifs is 1. The van der Waals surface area contributed by atoms with E-state index in [2.05, 4.69) is 26.0 Å². The Balaban J connectivity index is 2.39. The molecule has 0 unspecified atom stereocenters. The highest BCUT2D eigenvalue weighted by Gasteiger charge is 2.15. The van der Waals surface area contributed by atoms with Crippen LogP contribution in [0.5, 0.6) is 0 Å². The molecule has 100 valence electrons. The molecule has 0 spiro atoms. The third-order valence-corrected chi connectivity index (χ3v) is 3.74. The van der Waals surface area contributed by atoms with Crippen molar-refractivity contribution in [3.63, 3.8) is 0 Å². The molecule has 2 aromatic heterocycles. The van der Waals surface area contributed by atoms with E-state index in [4.69, 9.17) is 0 Å². The van der Waals surface area contributed by atoms with Crippen LogP contribution in [-0.4, -0.2) is 25.8 Å². The monoisotopic (exact) mass is 331 g/mol. The highest BCUT2D eigenvalue weighted by Crippen LogP contribution is 2.29. The van der Waals surface area contributed by atoms with Gasteiger partial charge in [-0.25, -0.2) is 9.78 Å². The highest BCUT2D eigenvalue weighted by molar-refractivity contribution is 9.10. The van der Waals surface area contributed by atoms with E-state index in [9.17, 15) is 9.90 Å². The van der Waals surface area contributed by atoms with Gasteiger partial charge in [0.1, 0.15) is 0 Å². The standard InChI is InChI=1S/C14H10BrN3O2/c1-18-12(5-6-16-18)11-7-9(14(19)20)8-3-2-4-10(15)13(8)17-11/h2-7H,1H3,(H,19,20). The van der Waals surface area contributed by atoms with E-state index in [1.165, 1.54) is 0 Å². The van der Waals surface area contributed by atoms with Crippen molar-refractivity contribution in [1.29, 1.82) is 0 Å². The fraction of sp³-hybridized carbons (Fsp3) is 0.0714. The van der Waals surface area contributed by atoms with Crippen molar-refractivity contribution in [2.75, 3.05) is 0 Å². The average molecular weight is 332 g/mol. The van der Waals surface area contributed by atoms with E-state index in [1.54, 1.807) is 42.2 Å². The number of benzene rings is 1. The molecule has 0 atom stereocenters. The summed E-state index contributed by atoms with van der Waals surface area (Å²) in [4.78, 5) is 16.0. The van der Waals surface area contributed by atoms with Gasteiger partial charge in [0.05, 0.1) is 22.5 Å². The van der Waals surface area contributed by atoms with Gasteiger partial charge in [-0.3, -0.25) is 4.68 Å². The maximum absolute atomic E-state index is 11.5. The molecule has 0 aliphatic carbocycles. The van der Waals surface area contributed by atoms with Gasteiger partial charge in [0.15, 0.2) is 0 Å². The van der Waals surface area contributed by atoms with Crippen molar-refractivity contribution < 1.29 is 9.90 Å². The van der Waals surface area contributed by atoms with Gasteiger partial charge in [-0.15, -0.1) is 0 Å². The van der Waals surface area contributed by atoms with Crippen LogP contribution in [0.15, 0.2) is 41.0 Å². The Morgan fingerprint density at radius 3 is 2.80 bits per heavy atom. The molecule has 0 bridgehead atoms. The van der Waals surface area contributed by atoms with E-state index in [1.807, 2.05) is 6.07 Å². The number of carboxylic acid groups (broad SMARTS) is 1. The summed E-state index contributed by atoms with van der Waals surface area (Å²) in [5.41, 5.74) is 2.21. The zero-order valence-electron chi connectivity index (χ0n) is 10.5. The quantitative estimate of drug-likeness (QED) is 0.783. The number of aromatic carboxylic acids is 1. The third kappa shape index (κ3) is 1.98. The predicted octanol–water partition coefficient (Wildman–Crippen LogP) is 3.10. The highest BCUT2D eigenvalue weighted by atomic mass is 79.9. The second-order valence-corrected chi connectivity index (χ2v) is 5.19. The van der Waals surface area contributed by atoms with Gasteiger partial charge in [0.25, 0.3) is 0 Å². The van der Waals surface area contributed by atoms with E-state index >= 15 is 0 Å². The molecular weight excluding hydrogens is 322 g/mol. The summed E-state index contributed by atoms with van der Waals surface area (Å²) in [6, 6.07) is 8.77. The molecule has 1 aromatic carbocycles. The van der Waals surface area contributed by atoms with Crippen molar-refractivity contribution in [2.45, 2.75) is 0 Å². The Bertz CT molecular complexity index is 826.